The van der Waals surface area contributed by atoms with Crippen molar-refractivity contribution in [3.63, 3.8) is 0 Å². The molecule has 1 rings (SSSR count). The van der Waals surface area contributed by atoms with E-state index in [9.17, 15) is 4.79 Å². The van der Waals surface area contributed by atoms with Crippen LogP contribution in [-0.4, -0.2) is 43.0 Å². The lowest BCUT2D eigenvalue weighted by Gasteiger charge is -2.25. The first-order valence-corrected chi connectivity index (χ1v) is 6.79. The Kier molecular flexibility index (Phi) is 6.43. The third-order valence-corrected chi connectivity index (χ3v) is 3.35. The van der Waals surface area contributed by atoms with Crippen molar-refractivity contribution in [2.75, 3.05) is 26.3 Å². The minimum absolute atomic E-state index is 0.371. The Morgan fingerprint density at radius 3 is 2.72 bits per heavy atom. The first kappa shape index (κ1) is 15.2. The van der Waals surface area contributed by atoms with Crippen molar-refractivity contribution >= 4 is 6.09 Å². The molecule has 0 radical (unpaired) electrons. The van der Waals surface area contributed by atoms with Gasteiger partial charge in [-0.2, -0.15) is 0 Å². The lowest BCUT2D eigenvalue weighted by atomic mass is 9.98. The summed E-state index contributed by atoms with van der Waals surface area (Å²) in [6.07, 6.45) is 3.12. The van der Waals surface area contributed by atoms with Gasteiger partial charge in [-0.25, -0.2) is 4.79 Å². The van der Waals surface area contributed by atoms with Crippen LogP contribution in [0.3, 0.4) is 0 Å². The molecular formula is C13H26N2O3. The predicted molar refractivity (Wildman–Crippen MR) is 70.9 cm³/mol. The molecule has 5 heteroatoms. The quantitative estimate of drug-likeness (QED) is 0.609. The Balaban J connectivity index is 2.02. The Hall–Kier alpha value is -0.810. The van der Waals surface area contributed by atoms with Gasteiger partial charge in [-0.05, 0) is 58.5 Å². The van der Waals surface area contributed by atoms with Gasteiger partial charge in [0, 0.05) is 18.8 Å². The summed E-state index contributed by atoms with van der Waals surface area (Å²) in [5.41, 5.74) is -0.371. The molecule has 0 aliphatic carbocycles. The van der Waals surface area contributed by atoms with E-state index in [-0.39, 0.29) is 5.54 Å². The second-order valence-corrected chi connectivity index (χ2v) is 5.69. The lowest BCUT2D eigenvalue weighted by Crippen LogP contribution is -2.42. The van der Waals surface area contributed by atoms with Crippen LogP contribution >= 0.6 is 0 Å². The summed E-state index contributed by atoms with van der Waals surface area (Å²) in [6.45, 7) is 7.55. The highest BCUT2D eigenvalue weighted by molar-refractivity contribution is 5.65. The fraction of sp³-hybridized carbons (Fsp3) is 0.923. The standard InChI is InChI=1S/C13H26N2O3/c1-13(2,15-12(16)17)6-3-9-18-10-11-4-7-14-8-5-11/h11,14-15H,3-10H2,1-2H3,(H,16,17). The Bertz CT molecular complexity index is 251. The summed E-state index contributed by atoms with van der Waals surface area (Å²) in [6, 6.07) is 0. The average molecular weight is 258 g/mol. The molecule has 1 fully saturated rings. The number of hydrogen-bond donors (Lipinski definition) is 3. The third kappa shape index (κ3) is 6.81. The van der Waals surface area contributed by atoms with Gasteiger partial charge >= 0.3 is 6.09 Å². The van der Waals surface area contributed by atoms with Crippen LogP contribution in [0.4, 0.5) is 4.79 Å². The number of amides is 1. The van der Waals surface area contributed by atoms with Crippen LogP contribution in [0, 0.1) is 5.92 Å². The van der Waals surface area contributed by atoms with Gasteiger partial charge in [0.05, 0.1) is 0 Å². The molecule has 5 nitrogen and oxygen atoms in total. The fourth-order valence-corrected chi connectivity index (χ4v) is 2.27. The zero-order valence-electron chi connectivity index (χ0n) is 11.5. The van der Waals surface area contributed by atoms with E-state index in [4.69, 9.17) is 9.84 Å². The minimum Gasteiger partial charge on any atom is -0.465 e. The van der Waals surface area contributed by atoms with E-state index in [2.05, 4.69) is 10.6 Å². The van der Waals surface area contributed by atoms with Crippen LogP contribution in [0.1, 0.15) is 39.5 Å². The molecule has 1 amide bonds. The maximum absolute atomic E-state index is 10.6. The lowest BCUT2D eigenvalue weighted by molar-refractivity contribution is 0.0814. The van der Waals surface area contributed by atoms with E-state index < -0.39 is 6.09 Å². The highest BCUT2D eigenvalue weighted by atomic mass is 16.5. The number of carbonyl (C=O) groups is 1. The predicted octanol–water partition coefficient (Wildman–Crippen LogP) is 1.83. The second-order valence-electron chi connectivity index (χ2n) is 5.69. The summed E-state index contributed by atoms with van der Waals surface area (Å²) in [5.74, 6) is 0.691. The van der Waals surface area contributed by atoms with Crippen LogP contribution < -0.4 is 10.6 Å². The zero-order chi connectivity index (χ0) is 13.4. The topological polar surface area (TPSA) is 70.6 Å². The van der Waals surface area contributed by atoms with Crippen LogP contribution in [0.25, 0.3) is 0 Å². The number of rotatable bonds is 7. The molecule has 1 heterocycles. The van der Waals surface area contributed by atoms with Crippen molar-refractivity contribution in [3.8, 4) is 0 Å². The Morgan fingerprint density at radius 1 is 1.44 bits per heavy atom. The van der Waals surface area contributed by atoms with Gasteiger partial charge in [-0.3, -0.25) is 0 Å². The molecule has 0 saturated carbocycles. The highest BCUT2D eigenvalue weighted by Gasteiger charge is 2.19. The number of hydrogen-bond acceptors (Lipinski definition) is 3. The molecule has 1 aliphatic rings. The zero-order valence-corrected chi connectivity index (χ0v) is 11.5. The van der Waals surface area contributed by atoms with Gasteiger partial charge in [0.2, 0.25) is 0 Å². The fourth-order valence-electron chi connectivity index (χ4n) is 2.27. The third-order valence-electron chi connectivity index (χ3n) is 3.35. The summed E-state index contributed by atoms with van der Waals surface area (Å²) in [7, 11) is 0. The monoisotopic (exact) mass is 258 g/mol. The largest absolute Gasteiger partial charge is 0.465 e. The maximum Gasteiger partial charge on any atom is 0.405 e. The molecule has 0 aromatic carbocycles. The first-order valence-electron chi connectivity index (χ1n) is 6.79. The molecule has 0 unspecified atom stereocenters. The van der Waals surface area contributed by atoms with E-state index in [1.54, 1.807) is 0 Å². The van der Waals surface area contributed by atoms with Gasteiger partial charge < -0.3 is 20.5 Å². The molecular weight excluding hydrogens is 232 g/mol. The SMILES string of the molecule is CC(C)(CCCOCC1CCNCC1)NC(=O)O. The van der Waals surface area contributed by atoms with Crippen LogP contribution in [0.15, 0.2) is 0 Å². The van der Waals surface area contributed by atoms with Crippen LogP contribution in [0.2, 0.25) is 0 Å². The smallest absolute Gasteiger partial charge is 0.405 e. The number of nitrogens with one attached hydrogen (secondary N) is 2. The normalized spacial score (nSPS) is 17.7. The van der Waals surface area contributed by atoms with Crippen molar-refractivity contribution in [2.24, 2.45) is 5.92 Å². The van der Waals surface area contributed by atoms with Gasteiger partial charge in [0.1, 0.15) is 0 Å². The van der Waals surface area contributed by atoms with Crippen molar-refractivity contribution < 1.29 is 14.6 Å². The van der Waals surface area contributed by atoms with Crippen molar-refractivity contribution in [1.82, 2.24) is 10.6 Å². The molecule has 0 aromatic heterocycles. The second kappa shape index (κ2) is 7.59. The van der Waals surface area contributed by atoms with Crippen LogP contribution in [-0.2, 0) is 4.74 Å². The molecule has 0 spiro atoms. The van der Waals surface area contributed by atoms with Crippen LogP contribution in [0.5, 0.6) is 0 Å². The molecule has 1 aliphatic heterocycles. The molecule has 0 aromatic rings. The number of piperidine rings is 1. The summed E-state index contributed by atoms with van der Waals surface area (Å²) in [4.78, 5) is 10.6. The van der Waals surface area contributed by atoms with Crippen molar-refractivity contribution in [3.05, 3.63) is 0 Å². The van der Waals surface area contributed by atoms with Gasteiger partial charge in [-0.15, -0.1) is 0 Å². The first-order chi connectivity index (χ1) is 8.49. The van der Waals surface area contributed by atoms with Crippen molar-refractivity contribution in [1.29, 1.82) is 0 Å². The van der Waals surface area contributed by atoms with E-state index >= 15 is 0 Å². The number of carboxylic acid groups (broad SMARTS) is 1. The highest BCUT2D eigenvalue weighted by Crippen LogP contribution is 2.14. The maximum atomic E-state index is 10.6. The molecule has 1 saturated heterocycles. The van der Waals surface area contributed by atoms with Crippen molar-refractivity contribution in [2.45, 2.75) is 45.1 Å². The van der Waals surface area contributed by atoms with E-state index in [0.717, 1.165) is 32.5 Å². The van der Waals surface area contributed by atoms with E-state index in [0.29, 0.717) is 12.5 Å². The Morgan fingerprint density at radius 2 is 2.11 bits per heavy atom. The van der Waals surface area contributed by atoms with E-state index in [1.165, 1.54) is 12.8 Å². The average Bonchev–Trinajstić information content (AvgIpc) is 2.28. The van der Waals surface area contributed by atoms with Gasteiger partial charge in [-0.1, -0.05) is 0 Å². The molecule has 3 N–H and O–H groups in total. The molecule has 0 atom stereocenters. The number of ether oxygens (including phenoxy) is 1. The summed E-state index contributed by atoms with van der Waals surface area (Å²) >= 11 is 0. The van der Waals surface area contributed by atoms with Gasteiger partial charge in [0.25, 0.3) is 0 Å². The molecule has 106 valence electrons. The molecule has 0 bridgehead atoms. The Labute approximate surface area is 109 Å². The molecule has 18 heavy (non-hydrogen) atoms. The van der Waals surface area contributed by atoms with Gasteiger partial charge in [0.15, 0.2) is 0 Å². The summed E-state index contributed by atoms with van der Waals surface area (Å²) < 4.78 is 5.67. The summed E-state index contributed by atoms with van der Waals surface area (Å²) in [5, 5.41) is 14.5. The van der Waals surface area contributed by atoms with E-state index in [1.807, 2.05) is 13.8 Å². The minimum atomic E-state index is -0.962.